The minimum absolute atomic E-state index is 0.316. The van der Waals surface area contributed by atoms with Gasteiger partial charge in [-0.2, -0.15) is 0 Å². The van der Waals surface area contributed by atoms with Crippen LogP contribution in [-0.4, -0.2) is 53.0 Å². The number of carbonyl (C=O) groups excluding carboxylic acids is 1. The van der Waals surface area contributed by atoms with Gasteiger partial charge in [-0.3, -0.25) is 4.79 Å². The van der Waals surface area contributed by atoms with E-state index < -0.39 is 17.6 Å². The fourth-order valence-corrected chi connectivity index (χ4v) is 4.48. The van der Waals surface area contributed by atoms with Gasteiger partial charge in [-0.1, -0.05) is 43.0 Å². The first-order valence-electron chi connectivity index (χ1n) is 9.95. The van der Waals surface area contributed by atoms with Crippen molar-refractivity contribution in [3.63, 3.8) is 0 Å². The van der Waals surface area contributed by atoms with Crippen LogP contribution in [0.3, 0.4) is 0 Å². The zero-order valence-electron chi connectivity index (χ0n) is 16.3. The van der Waals surface area contributed by atoms with E-state index in [0.717, 1.165) is 30.9 Å². The lowest BCUT2D eigenvalue weighted by molar-refractivity contribution is -0.132. The minimum atomic E-state index is -1.51. The molecule has 0 unspecified atom stereocenters. The molecule has 3 rings (SSSR count). The Labute approximate surface area is 165 Å². The molecule has 0 radical (unpaired) electrons. The first kappa shape index (κ1) is 20.2. The maximum absolute atomic E-state index is 12.2. The third-order valence-electron chi connectivity index (χ3n) is 6.05. The molecule has 1 amide bonds. The van der Waals surface area contributed by atoms with Crippen molar-refractivity contribution in [1.82, 2.24) is 4.90 Å². The normalized spacial score (nSPS) is 19.0. The van der Waals surface area contributed by atoms with Crippen molar-refractivity contribution in [3.05, 3.63) is 29.3 Å². The molecule has 7 heteroatoms. The van der Waals surface area contributed by atoms with Gasteiger partial charge >= 0.3 is 5.97 Å². The Morgan fingerprint density at radius 3 is 2.43 bits per heavy atom. The molecule has 2 N–H and O–H groups in total. The van der Waals surface area contributed by atoms with Crippen LogP contribution in [0.15, 0.2) is 23.4 Å². The van der Waals surface area contributed by atoms with Crippen LogP contribution in [0.1, 0.15) is 55.6 Å². The standard InChI is InChI=1S/C21H28N2O5/c1-28-18-7-6-16(13-17(18)12-14-4-2-3-5-14)15-8-10-23(11-9-15)20(24)19(22-27)21(25)26/h6-7,13-15,27H,2-5,8-12H2,1H3,(H,25,26). The Morgan fingerprint density at radius 2 is 1.86 bits per heavy atom. The van der Waals surface area contributed by atoms with Gasteiger partial charge in [0.1, 0.15) is 5.75 Å². The van der Waals surface area contributed by atoms with E-state index in [4.69, 9.17) is 15.1 Å². The molecule has 152 valence electrons. The fraction of sp³-hybridized carbons (Fsp3) is 0.571. The molecular formula is C21H28N2O5. The molecule has 1 aliphatic heterocycles. The summed E-state index contributed by atoms with van der Waals surface area (Å²) in [5, 5.41) is 20.4. The Bertz CT molecular complexity index is 747. The lowest BCUT2D eigenvalue weighted by Gasteiger charge is -2.32. The van der Waals surface area contributed by atoms with E-state index in [9.17, 15) is 9.59 Å². The summed E-state index contributed by atoms with van der Waals surface area (Å²) in [6.07, 6.45) is 7.74. The number of oxime groups is 1. The summed E-state index contributed by atoms with van der Waals surface area (Å²) in [6, 6.07) is 6.38. The number of amides is 1. The average molecular weight is 388 g/mol. The van der Waals surface area contributed by atoms with E-state index in [1.165, 1.54) is 41.7 Å². The number of hydrogen-bond donors (Lipinski definition) is 2. The van der Waals surface area contributed by atoms with E-state index in [-0.39, 0.29) is 0 Å². The van der Waals surface area contributed by atoms with Crippen LogP contribution in [0.2, 0.25) is 0 Å². The number of methoxy groups -OCH3 is 1. The molecule has 2 aliphatic rings. The molecule has 28 heavy (non-hydrogen) atoms. The van der Waals surface area contributed by atoms with Crippen LogP contribution in [0.4, 0.5) is 0 Å². The van der Waals surface area contributed by atoms with Gasteiger partial charge in [0.15, 0.2) is 0 Å². The summed E-state index contributed by atoms with van der Waals surface area (Å²) >= 11 is 0. The molecule has 2 fully saturated rings. The molecule has 0 aromatic heterocycles. The highest BCUT2D eigenvalue weighted by Gasteiger charge is 2.30. The predicted octanol–water partition coefficient (Wildman–Crippen LogP) is 3.05. The lowest BCUT2D eigenvalue weighted by atomic mass is 9.86. The number of rotatable bonds is 6. The number of ether oxygens (including phenoxy) is 1. The second kappa shape index (κ2) is 9.08. The molecule has 1 aliphatic carbocycles. The van der Waals surface area contributed by atoms with Crippen LogP contribution in [0, 0.1) is 5.92 Å². The number of nitrogens with zero attached hydrogens (tertiary/aromatic N) is 2. The van der Waals surface area contributed by atoms with Crippen molar-refractivity contribution in [2.24, 2.45) is 11.1 Å². The number of piperidine rings is 1. The molecule has 1 saturated heterocycles. The van der Waals surface area contributed by atoms with Gasteiger partial charge in [-0.25, -0.2) is 4.79 Å². The molecule has 7 nitrogen and oxygen atoms in total. The molecule has 0 atom stereocenters. The number of carboxylic acid groups (broad SMARTS) is 1. The largest absolute Gasteiger partial charge is 0.496 e. The summed E-state index contributed by atoms with van der Waals surface area (Å²) in [4.78, 5) is 24.6. The van der Waals surface area contributed by atoms with Gasteiger partial charge in [0.2, 0.25) is 0 Å². The SMILES string of the molecule is COc1ccc(C2CCN(C(=O)C(=NO)C(=O)O)CC2)cc1CC1CCCC1. The quantitative estimate of drug-likeness (QED) is 0.338. The van der Waals surface area contributed by atoms with Gasteiger partial charge < -0.3 is 20.0 Å². The maximum atomic E-state index is 12.2. The summed E-state index contributed by atoms with van der Waals surface area (Å²) in [5.41, 5.74) is 1.67. The number of benzene rings is 1. The molecule has 1 heterocycles. The Hall–Kier alpha value is -2.57. The number of likely N-dealkylation sites (tertiary alicyclic amines) is 1. The summed E-state index contributed by atoms with van der Waals surface area (Å²) in [7, 11) is 1.71. The molecule has 0 bridgehead atoms. The van der Waals surface area contributed by atoms with E-state index in [1.807, 2.05) is 6.07 Å². The highest BCUT2D eigenvalue weighted by atomic mass is 16.5. The van der Waals surface area contributed by atoms with E-state index in [2.05, 4.69) is 17.3 Å². The minimum Gasteiger partial charge on any atom is -0.496 e. The first-order valence-corrected chi connectivity index (χ1v) is 9.95. The van der Waals surface area contributed by atoms with Crippen LogP contribution in [-0.2, 0) is 16.0 Å². The number of carbonyl (C=O) groups is 2. The zero-order chi connectivity index (χ0) is 20.1. The van der Waals surface area contributed by atoms with Crippen molar-refractivity contribution in [2.75, 3.05) is 20.2 Å². The predicted molar refractivity (Wildman–Crippen MR) is 104 cm³/mol. The third-order valence-corrected chi connectivity index (χ3v) is 6.05. The number of carboxylic acids is 1. The number of aliphatic carboxylic acids is 1. The second-order valence-electron chi connectivity index (χ2n) is 7.75. The molecule has 0 spiro atoms. The van der Waals surface area contributed by atoms with Crippen molar-refractivity contribution in [2.45, 2.75) is 50.9 Å². The Morgan fingerprint density at radius 1 is 1.18 bits per heavy atom. The smallest absolute Gasteiger partial charge is 0.363 e. The fourth-order valence-electron chi connectivity index (χ4n) is 4.48. The van der Waals surface area contributed by atoms with Crippen LogP contribution >= 0.6 is 0 Å². The summed E-state index contributed by atoms with van der Waals surface area (Å²) in [5.74, 6) is -0.257. The topological polar surface area (TPSA) is 99.4 Å². The van der Waals surface area contributed by atoms with Crippen molar-refractivity contribution in [1.29, 1.82) is 0 Å². The lowest BCUT2D eigenvalue weighted by Crippen LogP contribution is -2.44. The van der Waals surface area contributed by atoms with E-state index >= 15 is 0 Å². The van der Waals surface area contributed by atoms with E-state index in [1.54, 1.807) is 7.11 Å². The van der Waals surface area contributed by atoms with Crippen LogP contribution in [0.25, 0.3) is 0 Å². The van der Waals surface area contributed by atoms with Gasteiger partial charge in [-0.05, 0) is 48.3 Å². The Balaban J connectivity index is 1.66. The third kappa shape index (κ3) is 4.46. The van der Waals surface area contributed by atoms with Crippen molar-refractivity contribution in [3.8, 4) is 5.75 Å². The van der Waals surface area contributed by atoms with Gasteiger partial charge in [0.05, 0.1) is 7.11 Å². The first-order chi connectivity index (χ1) is 13.5. The highest BCUT2D eigenvalue weighted by Crippen LogP contribution is 2.35. The molecule has 1 saturated carbocycles. The van der Waals surface area contributed by atoms with Crippen molar-refractivity contribution < 1.29 is 24.6 Å². The molecular weight excluding hydrogens is 360 g/mol. The monoisotopic (exact) mass is 388 g/mol. The average Bonchev–Trinajstić information content (AvgIpc) is 3.21. The zero-order valence-corrected chi connectivity index (χ0v) is 16.3. The highest BCUT2D eigenvalue weighted by molar-refractivity contribution is 6.63. The summed E-state index contributed by atoms with van der Waals surface area (Å²) < 4.78 is 5.56. The van der Waals surface area contributed by atoms with E-state index in [0.29, 0.717) is 19.0 Å². The molecule has 1 aromatic rings. The van der Waals surface area contributed by atoms with Crippen molar-refractivity contribution >= 4 is 17.6 Å². The number of hydrogen-bond acceptors (Lipinski definition) is 5. The molecule has 1 aromatic carbocycles. The van der Waals surface area contributed by atoms with Gasteiger partial charge in [0.25, 0.3) is 11.6 Å². The van der Waals surface area contributed by atoms with Crippen LogP contribution in [0.5, 0.6) is 5.75 Å². The Kier molecular flexibility index (Phi) is 6.54. The summed E-state index contributed by atoms with van der Waals surface area (Å²) in [6.45, 7) is 0.888. The maximum Gasteiger partial charge on any atom is 0.363 e. The van der Waals surface area contributed by atoms with Gasteiger partial charge in [0, 0.05) is 13.1 Å². The van der Waals surface area contributed by atoms with Crippen LogP contribution < -0.4 is 4.74 Å². The second-order valence-corrected chi connectivity index (χ2v) is 7.75. The van der Waals surface area contributed by atoms with Gasteiger partial charge in [-0.15, -0.1) is 0 Å².